The molecule has 2 aliphatic rings. The molecule has 4 heterocycles. The molecule has 0 radical (unpaired) electrons. The fraction of sp³-hybridized carbons (Fsp3) is 0.480. The first-order valence-electron chi connectivity index (χ1n) is 12.4. The van der Waals surface area contributed by atoms with Gasteiger partial charge in [0.05, 0.1) is 38.6 Å². The number of fused-ring (bicyclic) bond motifs is 5. The van der Waals surface area contributed by atoms with Crippen molar-refractivity contribution in [2.75, 3.05) is 26.8 Å². The van der Waals surface area contributed by atoms with Gasteiger partial charge in [-0.15, -0.1) is 5.10 Å². The first-order valence-corrected chi connectivity index (χ1v) is 12.4. The second-order valence-corrected chi connectivity index (χ2v) is 9.06. The summed E-state index contributed by atoms with van der Waals surface area (Å²) in [4.78, 5) is 32.3. The van der Waals surface area contributed by atoms with Crippen LogP contribution in [0.25, 0.3) is 0 Å². The molecule has 1 saturated heterocycles. The second kappa shape index (κ2) is 11.0. The predicted octanol–water partition coefficient (Wildman–Crippen LogP) is 1.05. The number of nitrogens with one attached hydrogen (secondary N) is 1. The number of imidazole rings is 1. The van der Waals surface area contributed by atoms with Gasteiger partial charge in [-0.3, -0.25) is 9.59 Å². The zero-order chi connectivity index (χ0) is 25.8. The molecule has 2 atom stereocenters. The molecule has 12 heteroatoms. The van der Waals surface area contributed by atoms with Crippen molar-refractivity contribution in [3.8, 4) is 11.5 Å². The molecule has 0 saturated carbocycles. The van der Waals surface area contributed by atoms with E-state index in [1.807, 2.05) is 17.7 Å². The summed E-state index contributed by atoms with van der Waals surface area (Å²) in [5, 5.41) is 11.4. The number of ether oxygens (including phenoxy) is 3. The van der Waals surface area contributed by atoms with Gasteiger partial charge in [0.1, 0.15) is 18.1 Å². The Morgan fingerprint density at radius 3 is 3.03 bits per heavy atom. The smallest absolute Gasteiger partial charge is 0.251 e. The van der Waals surface area contributed by atoms with Crippen LogP contribution < -0.4 is 14.8 Å². The maximum atomic E-state index is 13.2. The van der Waals surface area contributed by atoms with Crippen LogP contribution >= 0.6 is 0 Å². The van der Waals surface area contributed by atoms with Crippen LogP contribution in [0.4, 0.5) is 0 Å². The van der Waals surface area contributed by atoms with Gasteiger partial charge in [-0.05, 0) is 18.2 Å². The molecule has 0 unspecified atom stereocenters. The SMILES string of the molecule is CCc1nccn1CCC(=O)N1C[C@@H]2NC(=O)c3ccc(OC)c(c3)OCCn3cc(nn3)CO[C@H]2C1. The standard InChI is InChI=1S/C25H31N7O5/c1-3-23-26-7-9-30(23)8-6-24(33)31-14-19-22(15-31)37-16-18-13-32(29-28-18)10-11-36-21-12-17(25(34)27-19)4-5-20(21)35-2/h4-5,7,9,12-13,19,22H,3,6,8,10-11,14-16H2,1-2H3,(H,27,34)/t19-,22-/m0/s1. The molecule has 3 aromatic rings. The van der Waals surface area contributed by atoms with Crippen LogP contribution in [0.2, 0.25) is 0 Å². The molecule has 1 aromatic carbocycles. The Hall–Kier alpha value is -3.93. The molecule has 2 amide bonds. The average molecular weight is 510 g/mol. The number of amides is 2. The molecule has 37 heavy (non-hydrogen) atoms. The van der Waals surface area contributed by atoms with Crippen molar-refractivity contribution >= 4 is 11.8 Å². The maximum absolute atomic E-state index is 13.2. The average Bonchev–Trinajstić information content (AvgIpc) is 3.65. The Morgan fingerprint density at radius 1 is 1.30 bits per heavy atom. The van der Waals surface area contributed by atoms with Crippen LogP contribution in [0.3, 0.4) is 0 Å². The molecule has 1 fully saturated rings. The second-order valence-electron chi connectivity index (χ2n) is 9.06. The molecular formula is C25H31N7O5. The maximum Gasteiger partial charge on any atom is 0.251 e. The lowest BCUT2D eigenvalue weighted by atomic mass is 10.1. The lowest BCUT2D eigenvalue weighted by Gasteiger charge is -2.20. The van der Waals surface area contributed by atoms with Gasteiger partial charge in [0.2, 0.25) is 5.91 Å². The van der Waals surface area contributed by atoms with Crippen LogP contribution in [-0.4, -0.2) is 80.2 Å². The number of aryl methyl sites for hydroxylation is 2. The van der Waals surface area contributed by atoms with E-state index in [9.17, 15) is 9.59 Å². The Balaban J connectivity index is 1.33. The number of likely N-dealkylation sites (tertiary alicyclic amines) is 1. The summed E-state index contributed by atoms with van der Waals surface area (Å²) in [7, 11) is 1.55. The number of hydrogen-bond acceptors (Lipinski definition) is 8. The molecule has 0 spiro atoms. The molecule has 12 nitrogen and oxygen atoms in total. The van der Waals surface area contributed by atoms with Crippen molar-refractivity contribution < 1.29 is 23.8 Å². The van der Waals surface area contributed by atoms with Gasteiger partial charge < -0.3 is 29.0 Å². The van der Waals surface area contributed by atoms with E-state index in [1.165, 1.54) is 0 Å². The molecule has 2 aliphatic heterocycles. The number of carbonyl (C=O) groups is 2. The molecular weight excluding hydrogens is 478 g/mol. The van der Waals surface area contributed by atoms with E-state index in [4.69, 9.17) is 14.2 Å². The van der Waals surface area contributed by atoms with Gasteiger partial charge in [-0.25, -0.2) is 9.67 Å². The number of hydrogen-bond donors (Lipinski definition) is 1. The molecule has 0 aliphatic carbocycles. The quantitative estimate of drug-likeness (QED) is 0.541. The van der Waals surface area contributed by atoms with Gasteiger partial charge >= 0.3 is 0 Å². The monoisotopic (exact) mass is 509 g/mol. The largest absolute Gasteiger partial charge is 0.493 e. The highest BCUT2D eigenvalue weighted by molar-refractivity contribution is 5.95. The Labute approximate surface area is 214 Å². The third-order valence-corrected chi connectivity index (χ3v) is 6.66. The summed E-state index contributed by atoms with van der Waals surface area (Å²) in [5.41, 5.74) is 1.10. The first kappa shape index (κ1) is 24.8. The third-order valence-electron chi connectivity index (χ3n) is 6.66. The van der Waals surface area contributed by atoms with Crippen molar-refractivity contribution in [2.24, 2.45) is 0 Å². The summed E-state index contributed by atoms with van der Waals surface area (Å²) >= 11 is 0. The zero-order valence-corrected chi connectivity index (χ0v) is 21.0. The predicted molar refractivity (Wildman–Crippen MR) is 131 cm³/mol. The van der Waals surface area contributed by atoms with E-state index in [2.05, 4.69) is 20.6 Å². The summed E-state index contributed by atoms with van der Waals surface area (Å²) in [6.07, 6.45) is 6.19. The Kier molecular flexibility index (Phi) is 7.35. The summed E-state index contributed by atoms with van der Waals surface area (Å²) in [6.45, 7) is 4.33. The highest BCUT2D eigenvalue weighted by atomic mass is 16.5. The zero-order valence-electron chi connectivity index (χ0n) is 21.0. The van der Waals surface area contributed by atoms with Crippen molar-refractivity contribution in [1.82, 2.24) is 34.8 Å². The number of methoxy groups -OCH3 is 1. The fourth-order valence-corrected chi connectivity index (χ4v) is 4.66. The summed E-state index contributed by atoms with van der Waals surface area (Å²) in [5.74, 6) is 1.67. The van der Waals surface area contributed by atoms with Crippen molar-refractivity contribution in [2.45, 2.75) is 51.6 Å². The number of benzene rings is 1. The minimum absolute atomic E-state index is 0.00147. The summed E-state index contributed by atoms with van der Waals surface area (Å²) < 4.78 is 21.1. The normalized spacial score (nSPS) is 19.8. The van der Waals surface area contributed by atoms with Crippen LogP contribution in [0.5, 0.6) is 11.5 Å². The topological polar surface area (TPSA) is 126 Å². The first-order chi connectivity index (χ1) is 18.0. The van der Waals surface area contributed by atoms with Crippen LogP contribution in [0.15, 0.2) is 36.8 Å². The number of rotatable bonds is 5. The van der Waals surface area contributed by atoms with E-state index in [0.29, 0.717) is 62.0 Å². The molecule has 196 valence electrons. The van der Waals surface area contributed by atoms with Crippen molar-refractivity contribution in [3.05, 3.63) is 53.9 Å². The van der Waals surface area contributed by atoms with Crippen molar-refractivity contribution in [1.29, 1.82) is 0 Å². The van der Waals surface area contributed by atoms with Gasteiger partial charge in [0, 0.05) is 50.4 Å². The van der Waals surface area contributed by atoms with E-state index < -0.39 is 6.10 Å². The third kappa shape index (κ3) is 5.58. The minimum atomic E-state index is -0.392. The number of nitrogens with zero attached hydrogens (tertiary/aromatic N) is 6. The van der Waals surface area contributed by atoms with Gasteiger partial charge in [0.15, 0.2) is 11.5 Å². The number of carbonyl (C=O) groups excluding carboxylic acids is 2. The van der Waals surface area contributed by atoms with Gasteiger partial charge in [0.25, 0.3) is 5.91 Å². The van der Waals surface area contributed by atoms with Crippen LogP contribution in [0, 0.1) is 0 Å². The number of aromatic nitrogens is 5. The summed E-state index contributed by atoms with van der Waals surface area (Å²) in [6, 6.07) is 4.66. The van der Waals surface area contributed by atoms with Crippen LogP contribution in [-0.2, 0) is 35.6 Å². The van der Waals surface area contributed by atoms with E-state index in [1.54, 1.807) is 47.3 Å². The van der Waals surface area contributed by atoms with Crippen molar-refractivity contribution in [3.63, 3.8) is 0 Å². The lowest BCUT2D eigenvalue weighted by molar-refractivity contribution is -0.131. The molecule has 5 rings (SSSR count). The fourth-order valence-electron chi connectivity index (χ4n) is 4.66. The minimum Gasteiger partial charge on any atom is -0.493 e. The van der Waals surface area contributed by atoms with Gasteiger partial charge in [-0.2, -0.15) is 0 Å². The highest BCUT2D eigenvalue weighted by Crippen LogP contribution is 2.28. The molecule has 1 N–H and O–H groups in total. The molecule has 4 bridgehead atoms. The van der Waals surface area contributed by atoms with E-state index >= 15 is 0 Å². The Bertz CT molecular complexity index is 1260. The van der Waals surface area contributed by atoms with Crippen LogP contribution in [0.1, 0.15) is 35.2 Å². The Morgan fingerprint density at radius 2 is 2.19 bits per heavy atom. The van der Waals surface area contributed by atoms with E-state index in [-0.39, 0.29) is 24.5 Å². The van der Waals surface area contributed by atoms with E-state index in [0.717, 1.165) is 12.2 Å². The molecule has 2 aromatic heterocycles. The highest BCUT2D eigenvalue weighted by Gasteiger charge is 2.37. The van der Waals surface area contributed by atoms with Gasteiger partial charge in [-0.1, -0.05) is 12.1 Å². The lowest BCUT2D eigenvalue weighted by Crippen LogP contribution is -2.44.